The molecule has 2 rings (SSSR count). The van der Waals surface area contributed by atoms with Crippen LogP contribution in [-0.4, -0.2) is 21.0 Å². The Kier molecular flexibility index (Phi) is 4.28. The highest BCUT2D eigenvalue weighted by atomic mass is 32.1. The molecule has 2 aromatic rings. The fourth-order valence-corrected chi connectivity index (χ4v) is 3.39. The fourth-order valence-electron chi connectivity index (χ4n) is 1.79. The second-order valence-electron chi connectivity index (χ2n) is 4.23. The van der Waals surface area contributed by atoms with Crippen molar-refractivity contribution < 1.29 is 9.90 Å². The highest BCUT2D eigenvalue weighted by Crippen LogP contribution is 2.24. The molecule has 19 heavy (non-hydrogen) atoms. The Morgan fingerprint density at radius 2 is 2.21 bits per heavy atom. The normalized spacial score (nSPS) is 12.6. The Hall–Kier alpha value is -1.31. The van der Waals surface area contributed by atoms with E-state index in [1.807, 2.05) is 13.8 Å². The maximum atomic E-state index is 10.7. The standard InChI is InChI=1S/C12H15N3O2S2/c1-6(10-7(2)14-8(3)19-10)13-4-9-5-18-11(15-9)12(16)17/h5-6,13H,4H2,1-3H3,(H,16,17). The number of hydrogen-bond acceptors (Lipinski definition) is 6. The van der Waals surface area contributed by atoms with E-state index >= 15 is 0 Å². The predicted molar refractivity (Wildman–Crippen MR) is 75.9 cm³/mol. The molecule has 0 saturated carbocycles. The van der Waals surface area contributed by atoms with Crippen LogP contribution in [0.25, 0.3) is 0 Å². The quantitative estimate of drug-likeness (QED) is 0.887. The van der Waals surface area contributed by atoms with E-state index in [2.05, 4.69) is 22.2 Å². The number of nitrogens with one attached hydrogen (secondary N) is 1. The van der Waals surface area contributed by atoms with Gasteiger partial charge in [0.25, 0.3) is 0 Å². The van der Waals surface area contributed by atoms with Gasteiger partial charge in [0, 0.05) is 22.8 Å². The number of carboxylic acid groups (broad SMARTS) is 1. The smallest absolute Gasteiger partial charge is 0.365 e. The third kappa shape index (κ3) is 3.37. The summed E-state index contributed by atoms with van der Waals surface area (Å²) in [4.78, 5) is 20.4. The zero-order chi connectivity index (χ0) is 14.0. The van der Waals surface area contributed by atoms with Crippen LogP contribution >= 0.6 is 22.7 Å². The molecule has 0 aliphatic rings. The molecule has 0 aliphatic heterocycles. The number of carboxylic acids is 1. The van der Waals surface area contributed by atoms with Gasteiger partial charge in [0.15, 0.2) is 0 Å². The highest BCUT2D eigenvalue weighted by molar-refractivity contribution is 7.12. The van der Waals surface area contributed by atoms with Crippen molar-refractivity contribution in [3.8, 4) is 0 Å². The predicted octanol–water partition coefficient (Wildman–Crippen LogP) is 2.77. The lowest BCUT2D eigenvalue weighted by atomic mass is 10.2. The van der Waals surface area contributed by atoms with Crippen molar-refractivity contribution in [1.29, 1.82) is 0 Å². The van der Waals surface area contributed by atoms with Crippen molar-refractivity contribution >= 4 is 28.6 Å². The van der Waals surface area contributed by atoms with Crippen molar-refractivity contribution in [2.45, 2.75) is 33.4 Å². The van der Waals surface area contributed by atoms with Gasteiger partial charge in [0.1, 0.15) is 0 Å². The summed E-state index contributed by atoms with van der Waals surface area (Å²) < 4.78 is 0. The lowest BCUT2D eigenvalue weighted by molar-refractivity contribution is 0.0696. The Bertz CT molecular complexity index is 592. The van der Waals surface area contributed by atoms with E-state index in [4.69, 9.17) is 5.11 Å². The molecule has 1 unspecified atom stereocenters. The summed E-state index contributed by atoms with van der Waals surface area (Å²) in [6, 6.07) is 0.182. The number of thiazole rings is 2. The molecule has 102 valence electrons. The summed E-state index contributed by atoms with van der Waals surface area (Å²) >= 11 is 2.83. The van der Waals surface area contributed by atoms with Crippen LogP contribution in [0.3, 0.4) is 0 Å². The molecule has 0 spiro atoms. The zero-order valence-corrected chi connectivity index (χ0v) is 12.6. The Labute approximate surface area is 119 Å². The van der Waals surface area contributed by atoms with Gasteiger partial charge in [-0.3, -0.25) is 0 Å². The van der Waals surface area contributed by atoms with Crippen LogP contribution in [0.5, 0.6) is 0 Å². The van der Waals surface area contributed by atoms with E-state index in [1.54, 1.807) is 16.7 Å². The van der Waals surface area contributed by atoms with Crippen LogP contribution in [0.15, 0.2) is 5.38 Å². The third-order valence-electron chi connectivity index (χ3n) is 2.66. The maximum absolute atomic E-state index is 10.7. The summed E-state index contributed by atoms with van der Waals surface area (Å²) in [5, 5.41) is 15.1. The molecule has 5 nitrogen and oxygen atoms in total. The van der Waals surface area contributed by atoms with E-state index in [0.717, 1.165) is 27.7 Å². The van der Waals surface area contributed by atoms with E-state index in [-0.39, 0.29) is 11.0 Å². The van der Waals surface area contributed by atoms with Crippen LogP contribution in [0, 0.1) is 13.8 Å². The summed E-state index contributed by atoms with van der Waals surface area (Å²) in [7, 11) is 0. The van der Waals surface area contributed by atoms with Crippen LogP contribution in [-0.2, 0) is 6.54 Å². The van der Waals surface area contributed by atoms with Gasteiger partial charge in [-0.1, -0.05) is 0 Å². The van der Waals surface area contributed by atoms with Gasteiger partial charge >= 0.3 is 5.97 Å². The van der Waals surface area contributed by atoms with E-state index in [0.29, 0.717) is 6.54 Å². The van der Waals surface area contributed by atoms with Gasteiger partial charge in [-0.05, 0) is 20.8 Å². The minimum absolute atomic E-state index is 0.134. The molecular formula is C12H15N3O2S2. The van der Waals surface area contributed by atoms with Gasteiger partial charge in [0.05, 0.1) is 16.4 Å². The summed E-state index contributed by atoms with van der Waals surface area (Å²) in [6.45, 7) is 6.63. The third-order valence-corrected chi connectivity index (χ3v) is 4.79. The lowest BCUT2D eigenvalue weighted by Crippen LogP contribution is -2.18. The Balaban J connectivity index is 1.98. The first kappa shape index (κ1) is 14.1. The largest absolute Gasteiger partial charge is 0.476 e. The highest BCUT2D eigenvalue weighted by Gasteiger charge is 2.14. The van der Waals surface area contributed by atoms with Gasteiger partial charge in [-0.2, -0.15) is 0 Å². The number of nitrogens with zero attached hydrogens (tertiary/aromatic N) is 2. The fraction of sp³-hybridized carbons (Fsp3) is 0.417. The average Bonchev–Trinajstić information content (AvgIpc) is 2.93. The van der Waals surface area contributed by atoms with E-state index in [9.17, 15) is 4.79 Å². The summed E-state index contributed by atoms with van der Waals surface area (Å²) in [5.41, 5.74) is 1.81. The molecule has 0 fully saturated rings. The minimum atomic E-state index is -0.974. The van der Waals surface area contributed by atoms with Gasteiger partial charge < -0.3 is 10.4 Å². The second kappa shape index (κ2) is 5.77. The van der Waals surface area contributed by atoms with Gasteiger partial charge in [-0.15, -0.1) is 22.7 Å². The van der Waals surface area contributed by atoms with Crippen LogP contribution in [0.1, 0.15) is 44.0 Å². The molecule has 0 saturated heterocycles. The SMILES string of the molecule is Cc1nc(C)c(C(C)NCc2csc(C(=O)O)n2)s1. The Morgan fingerprint density at radius 3 is 2.74 bits per heavy atom. The van der Waals surface area contributed by atoms with Crippen LogP contribution in [0.4, 0.5) is 0 Å². The van der Waals surface area contributed by atoms with Crippen molar-refractivity contribution in [1.82, 2.24) is 15.3 Å². The van der Waals surface area contributed by atoms with Crippen molar-refractivity contribution in [2.24, 2.45) is 0 Å². The number of aromatic nitrogens is 2. The van der Waals surface area contributed by atoms with Crippen LogP contribution in [0.2, 0.25) is 0 Å². The first-order valence-corrected chi connectivity index (χ1v) is 7.52. The average molecular weight is 297 g/mol. The molecule has 2 aromatic heterocycles. The maximum Gasteiger partial charge on any atom is 0.365 e. The summed E-state index contributed by atoms with van der Waals surface area (Å²) in [5.74, 6) is -0.974. The summed E-state index contributed by atoms with van der Waals surface area (Å²) in [6.07, 6.45) is 0. The number of aryl methyl sites for hydroxylation is 2. The van der Waals surface area contributed by atoms with E-state index in [1.165, 1.54) is 4.88 Å². The van der Waals surface area contributed by atoms with Gasteiger partial charge in [-0.25, -0.2) is 14.8 Å². The number of hydrogen-bond donors (Lipinski definition) is 2. The van der Waals surface area contributed by atoms with E-state index < -0.39 is 5.97 Å². The molecule has 0 aliphatic carbocycles. The monoisotopic (exact) mass is 297 g/mol. The Morgan fingerprint density at radius 1 is 1.47 bits per heavy atom. The molecule has 0 radical (unpaired) electrons. The molecule has 0 bridgehead atoms. The minimum Gasteiger partial charge on any atom is -0.476 e. The molecule has 1 atom stereocenters. The topological polar surface area (TPSA) is 75.1 Å². The van der Waals surface area contributed by atoms with Crippen LogP contribution < -0.4 is 5.32 Å². The number of carbonyl (C=O) groups is 1. The molecule has 2 N–H and O–H groups in total. The van der Waals surface area contributed by atoms with Crippen molar-refractivity contribution in [3.05, 3.63) is 31.7 Å². The van der Waals surface area contributed by atoms with Crippen molar-refractivity contribution in [3.63, 3.8) is 0 Å². The molecule has 2 heterocycles. The molecule has 0 aromatic carbocycles. The number of rotatable bonds is 5. The molecule has 0 amide bonds. The second-order valence-corrected chi connectivity index (χ2v) is 6.33. The first-order valence-electron chi connectivity index (χ1n) is 5.82. The molecular weight excluding hydrogens is 282 g/mol. The lowest BCUT2D eigenvalue weighted by Gasteiger charge is -2.11. The molecule has 7 heteroatoms. The van der Waals surface area contributed by atoms with Crippen molar-refractivity contribution in [2.75, 3.05) is 0 Å². The number of aromatic carboxylic acids is 1. The first-order chi connectivity index (χ1) is 8.97. The zero-order valence-electron chi connectivity index (χ0n) is 10.9. The van der Waals surface area contributed by atoms with Gasteiger partial charge in [0.2, 0.25) is 5.01 Å².